The predicted molar refractivity (Wildman–Crippen MR) is 71.9 cm³/mol. The molecule has 1 aromatic heterocycles. The molecule has 0 fully saturated rings. The van der Waals surface area contributed by atoms with Crippen LogP contribution in [0.2, 0.25) is 0 Å². The number of nitrogens with zero attached hydrogens (tertiary/aromatic N) is 1. The highest BCUT2D eigenvalue weighted by Gasteiger charge is 2.14. The molecular weight excluding hydrogens is 244 g/mol. The van der Waals surface area contributed by atoms with Crippen molar-refractivity contribution in [3.8, 4) is 17.7 Å². The van der Waals surface area contributed by atoms with E-state index in [4.69, 9.17) is 9.47 Å². The van der Waals surface area contributed by atoms with Gasteiger partial charge < -0.3 is 14.8 Å². The SMILES string of the molecule is COc1ccc(C#CCNC(=O)OC(C)(C)C)cn1. The van der Waals surface area contributed by atoms with E-state index < -0.39 is 11.7 Å². The molecule has 0 unspecified atom stereocenters. The van der Waals surface area contributed by atoms with E-state index in [1.165, 1.54) is 0 Å². The van der Waals surface area contributed by atoms with Gasteiger partial charge in [0.2, 0.25) is 5.88 Å². The summed E-state index contributed by atoms with van der Waals surface area (Å²) < 4.78 is 10.0. The van der Waals surface area contributed by atoms with Gasteiger partial charge in [0.25, 0.3) is 0 Å². The van der Waals surface area contributed by atoms with Gasteiger partial charge in [0.15, 0.2) is 0 Å². The summed E-state index contributed by atoms with van der Waals surface area (Å²) in [5.74, 6) is 6.23. The van der Waals surface area contributed by atoms with Crippen LogP contribution in [0, 0.1) is 11.8 Å². The van der Waals surface area contributed by atoms with Crippen LogP contribution in [-0.2, 0) is 4.74 Å². The van der Waals surface area contributed by atoms with E-state index in [2.05, 4.69) is 22.1 Å². The molecule has 0 saturated carbocycles. The molecule has 0 spiro atoms. The number of pyridine rings is 1. The van der Waals surface area contributed by atoms with Gasteiger partial charge in [-0.05, 0) is 26.8 Å². The molecule has 19 heavy (non-hydrogen) atoms. The minimum atomic E-state index is -0.503. The van der Waals surface area contributed by atoms with Gasteiger partial charge in [0.05, 0.1) is 13.7 Å². The van der Waals surface area contributed by atoms with Crippen LogP contribution in [0.1, 0.15) is 26.3 Å². The lowest BCUT2D eigenvalue weighted by molar-refractivity contribution is 0.0535. The van der Waals surface area contributed by atoms with Crippen molar-refractivity contribution in [2.45, 2.75) is 26.4 Å². The zero-order chi connectivity index (χ0) is 14.3. The number of hydrogen-bond donors (Lipinski definition) is 1. The first-order chi connectivity index (χ1) is 8.90. The number of nitrogens with one attached hydrogen (secondary N) is 1. The van der Waals surface area contributed by atoms with Crippen LogP contribution in [0.3, 0.4) is 0 Å². The second-order valence-corrected chi connectivity index (χ2v) is 4.75. The van der Waals surface area contributed by atoms with Crippen molar-refractivity contribution in [1.29, 1.82) is 0 Å². The predicted octanol–water partition coefficient (Wildman–Crippen LogP) is 1.97. The Bertz CT molecular complexity index is 478. The molecular formula is C14H18N2O3. The van der Waals surface area contributed by atoms with Gasteiger partial charge >= 0.3 is 6.09 Å². The normalized spacial score (nSPS) is 10.1. The standard InChI is InChI=1S/C14H18N2O3/c1-14(2,3)19-13(17)15-9-5-6-11-7-8-12(18-4)16-10-11/h7-8,10H,9H2,1-4H3,(H,15,17). The Hall–Kier alpha value is -2.22. The van der Waals surface area contributed by atoms with Crippen molar-refractivity contribution < 1.29 is 14.3 Å². The smallest absolute Gasteiger partial charge is 0.408 e. The maximum absolute atomic E-state index is 11.3. The number of carbonyl (C=O) groups excluding carboxylic acids is 1. The summed E-state index contributed by atoms with van der Waals surface area (Å²) in [6.45, 7) is 5.64. The lowest BCUT2D eigenvalue weighted by Gasteiger charge is -2.18. The molecule has 1 N–H and O–H groups in total. The van der Waals surface area contributed by atoms with Crippen molar-refractivity contribution in [3.63, 3.8) is 0 Å². The number of alkyl carbamates (subject to hydrolysis) is 1. The quantitative estimate of drug-likeness (QED) is 0.828. The molecule has 1 amide bonds. The fraction of sp³-hybridized carbons (Fsp3) is 0.429. The summed E-state index contributed by atoms with van der Waals surface area (Å²) in [6, 6.07) is 3.53. The molecule has 102 valence electrons. The van der Waals surface area contributed by atoms with Gasteiger partial charge in [-0.15, -0.1) is 0 Å². The first-order valence-corrected chi connectivity index (χ1v) is 5.86. The third-order valence-corrected chi connectivity index (χ3v) is 1.90. The molecule has 0 aliphatic carbocycles. The van der Waals surface area contributed by atoms with Gasteiger partial charge in [-0.3, -0.25) is 0 Å². The molecule has 1 heterocycles. The minimum absolute atomic E-state index is 0.223. The number of carbonyl (C=O) groups is 1. The van der Waals surface area contributed by atoms with Crippen molar-refractivity contribution >= 4 is 6.09 Å². The minimum Gasteiger partial charge on any atom is -0.481 e. The van der Waals surface area contributed by atoms with Gasteiger partial charge in [-0.2, -0.15) is 0 Å². The summed E-state index contributed by atoms with van der Waals surface area (Å²) in [4.78, 5) is 15.3. The Morgan fingerprint density at radius 2 is 2.16 bits per heavy atom. The zero-order valence-electron chi connectivity index (χ0n) is 11.6. The number of ether oxygens (including phenoxy) is 2. The molecule has 0 saturated heterocycles. The van der Waals surface area contributed by atoms with Gasteiger partial charge in [-0.25, -0.2) is 9.78 Å². The summed E-state index contributed by atoms with van der Waals surface area (Å²) >= 11 is 0. The summed E-state index contributed by atoms with van der Waals surface area (Å²) in [7, 11) is 1.55. The van der Waals surface area contributed by atoms with E-state index in [1.54, 1.807) is 46.2 Å². The lowest BCUT2D eigenvalue weighted by atomic mass is 10.2. The fourth-order valence-electron chi connectivity index (χ4n) is 1.15. The van der Waals surface area contributed by atoms with Gasteiger partial charge in [-0.1, -0.05) is 11.8 Å². The molecule has 0 bridgehead atoms. The molecule has 1 aromatic rings. The second kappa shape index (κ2) is 6.64. The highest BCUT2D eigenvalue weighted by molar-refractivity contribution is 5.68. The van der Waals surface area contributed by atoms with Crippen LogP contribution >= 0.6 is 0 Å². The number of amides is 1. The van der Waals surface area contributed by atoms with Crippen LogP contribution in [0.5, 0.6) is 5.88 Å². The third kappa shape index (κ3) is 6.32. The molecule has 0 radical (unpaired) electrons. The highest BCUT2D eigenvalue weighted by Crippen LogP contribution is 2.06. The highest BCUT2D eigenvalue weighted by atomic mass is 16.6. The van der Waals surface area contributed by atoms with Crippen LogP contribution in [-0.4, -0.2) is 30.3 Å². The van der Waals surface area contributed by atoms with E-state index >= 15 is 0 Å². The molecule has 0 aliphatic heterocycles. The van der Waals surface area contributed by atoms with Gasteiger partial charge in [0.1, 0.15) is 5.60 Å². The van der Waals surface area contributed by atoms with Crippen LogP contribution in [0.4, 0.5) is 4.79 Å². The van der Waals surface area contributed by atoms with E-state index in [9.17, 15) is 4.79 Å². The fourth-order valence-corrected chi connectivity index (χ4v) is 1.15. The maximum Gasteiger partial charge on any atom is 0.408 e. The zero-order valence-corrected chi connectivity index (χ0v) is 11.6. The van der Waals surface area contributed by atoms with Crippen molar-refractivity contribution in [1.82, 2.24) is 10.3 Å². The average Bonchev–Trinajstić information content (AvgIpc) is 2.33. The van der Waals surface area contributed by atoms with Crippen LogP contribution in [0.25, 0.3) is 0 Å². The Balaban J connectivity index is 2.40. The number of aromatic nitrogens is 1. The molecule has 1 rings (SSSR count). The van der Waals surface area contributed by atoms with Crippen molar-refractivity contribution in [3.05, 3.63) is 23.9 Å². The number of rotatable bonds is 2. The summed E-state index contributed by atoms with van der Waals surface area (Å²) in [5, 5.41) is 2.55. The van der Waals surface area contributed by atoms with E-state index in [0.29, 0.717) is 5.88 Å². The topological polar surface area (TPSA) is 60.5 Å². The first kappa shape index (κ1) is 14.8. The molecule has 0 aliphatic rings. The number of methoxy groups -OCH3 is 1. The van der Waals surface area contributed by atoms with Crippen molar-refractivity contribution in [2.75, 3.05) is 13.7 Å². The molecule has 0 aromatic carbocycles. The van der Waals surface area contributed by atoms with Gasteiger partial charge in [0, 0.05) is 17.8 Å². The lowest BCUT2D eigenvalue weighted by Crippen LogP contribution is -2.32. The number of hydrogen-bond acceptors (Lipinski definition) is 4. The monoisotopic (exact) mass is 262 g/mol. The molecule has 0 atom stereocenters. The third-order valence-electron chi connectivity index (χ3n) is 1.90. The second-order valence-electron chi connectivity index (χ2n) is 4.75. The van der Waals surface area contributed by atoms with Crippen molar-refractivity contribution in [2.24, 2.45) is 0 Å². The Morgan fingerprint density at radius 1 is 1.42 bits per heavy atom. The molecule has 5 nitrogen and oxygen atoms in total. The Labute approximate surface area is 113 Å². The van der Waals surface area contributed by atoms with E-state index in [-0.39, 0.29) is 6.54 Å². The Morgan fingerprint density at radius 3 is 2.68 bits per heavy atom. The first-order valence-electron chi connectivity index (χ1n) is 5.86. The maximum atomic E-state index is 11.3. The average molecular weight is 262 g/mol. The summed E-state index contributed by atoms with van der Waals surface area (Å²) in [6.07, 6.45) is 1.13. The Kier molecular flexibility index (Phi) is 5.19. The summed E-state index contributed by atoms with van der Waals surface area (Å²) in [5.41, 5.74) is 0.254. The van der Waals surface area contributed by atoms with E-state index in [1.807, 2.05) is 0 Å². The molecule has 5 heteroatoms. The van der Waals surface area contributed by atoms with E-state index in [0.717, 1.165) is 5.56 Å². The van der Waals surface area contributed by atoms with Crippen LogP contribution in [0.15, 0.2) is 18.3 Å². The largest absolute Gasteiger partial charge is 0.481 e. The van der Waals surface area contributed by atoms with Crippen LogP contribution < -0.4 is 10.1 Å².